The maximum atomic E-state index is 13.3. The van der Waals surface area contributed by atoms with Crippen molar-refractivity contribution in [2.45, 2.75) is 25.9 Å². The van der Waals surface area contributed by atoms with Crippen molar-refractivity contribution in [1.82, 2.24) is 24.5 Å². The van der Waals surface area contributed by atoms with Crippen LogP contribution in [0, 0.1) is 5.92 Å². The molecule has 7 nitrogen and oxygen atoms in total. The van der Waals surface area contributed by atoms with E-state index in [9.17, 15) is 9.59 Å². The molecule has 0 unspecified atom stereocenters. The SMILES string of the molecule is CN(C)CCN(Cc1ccccc1)C(=O)c1cc2n(n1)CCN(CC1CC1)C2=O. The molecule has 2 aliphatic rings. The van der Waals surface area contributed by atoms with E-state index in [4.69, 9.17) is 0 Å². The molecule has 0 bridgehead atoms. The summed E-state index contributed by atoms with van der Waals surface area (Å²) in [4.78, 5) is 31.9. The summed E-state index contributed by atoms with van der Waals surface area (Å²) in [6.45, 7) is 4.04. The predicted molar refractivity (Wildman–Crippen MR) is 111 cm³/mol. The highest BCUT2D eigenvalue weighted by molar-refractivity contribution is 5.98. The molecule has 1 saturated carbocycles. The summed E-state index contributed by atoms with van der Waals surface area (Å²) >= 11 is 0. The van der Waals surface area contributed by atoms with Gasteiger partial charge in [0.15, 0.2) is 5.69 Å². The van der Waals surface area contributed by atoms with Gasteiger partial charge in [0.05, 0.1) is 6.54 Å². The second-order valence-corrected chi connectivity index (χ2v) is 8.35. The van der Waals surface area contributed by atoms with Crippen LogP contribution in [0.5, 0.6) is 0 Å². The van der Waals surface area contributed by atoms with Crippen LogP contribution in [0.2, 0.25) is 0 Å². The largest absolute Gasteiger partial charge is 0.335 e. The highest BCUT2D eigenvalue weighted by Crippen LogP contribution is 2.30. The van der Waals surface area contributed by atoms with Crippen LogP contribution < -0.4 is 0 Å². The second-order valence-electron chi connectivity index (χ2n) is 8.35. The van der Waals surface area contributed by atoms with E-state index in [1.807, 2.05) is 54.2 Å². The standard InChI is InChI=1S/C22H29N5O2/c1-24(2)10-11-25(15-17-6-4-3-5-7-17)21(28)19-14-20-22(29)26(16-18-8-9-18)12-13-27(20)23-19/h3-7,14,18H,8-13,15-16H2,1-2H3. The van der Waals surface area contributed by atoms with Crippen molar-refractivity contribution in [3.8, 4) is 0 Å². The van der Waals surface area contributed by atoms with Gasteiger partial charge in [0.1, 0.15) is 5.69 Å². The molecular formula is C22H29N5O2. The quantitative estimate of drug-likeness (QED) is 0.686. The third kappa shape index (κ3) is 4.67. The molecule has 2 heterocycles. The number of fused-ring (bicyclic) bond motifs is 1. The Morgan fingerprint density at radius 1 is 1.14 bits per heavy atom. The van der Waals surface area contributed by atoms with E-state index in [1.54, 1.807) is 10.7 Å². The minimum absolute atomic E-state index is 0.00222. The van der Waals surface area contributed by atoms with Crippen molar-refractivity contribution in [3.05, 3.63) is 53.3 Å². The topological polar surface area (TPSA) is 61.7 Å². The predicted octanol–water partition coefficient (Wildman–Crippen LogP) is 1.95. The van der Waals surface area contributed by atoms with Gasteiger partial charge >= 0.3 is 0 Å². The van der Waals surface area contributed by atoms with Crippen LogP contribution in [-0.4, -0.2) is 76.6 Å². The lowest BCUT2D eigenvalue weighted by Gasteiger charge is -2.27. The van der Waals surface area contributed by atoms with Crippen molar-refractivity contribution >= 4 is 11.8 Å². The second kappa shape index (κ2) is 8.37. The van der Waals surface area contributed by atoms with Gasteiger partial charge in [0.2, 0.25) is 0 Å². The lowest BCUT2D eigenvalue weighted by molar-refractivity contribution is 0.0684. The molecule has 1 aromatic heterocycles. The molecule has 2 amide bonds. The molecule has 154 valence electrons. The first kappa shape index (κ1) is 19.6. The average molecular weight is 396 g/mol. The molecule has 0 atom stereocenters. The van der Waals surface area contributed by atoms with Crippen LogP contribution in [0.4, 0.5) is 0 Å². The molecule has 29 heavy (non-hydrogen) atoms. The molecule has 7 heteroatoms. The van der Waals surface area contributed by atoms with Gasteiger partial charge in [-0.3, -0.25) is 14.3 Å². The molecule has 0 N–H and O–H groups in total. The fourth-order valence-corrected chi connectivity index (χ4v) is 3.67. The number of aromatic nitrogens is 2. The van der Waals surface area contributed by atoms with Gasteiger partial charge in [0, 0.05) is 38.8 Å². The van der Waals surface area contributed by atoms with Gasteiger partial charge in [-0.2, -0.15) is 5.10 Å². The molecule has 0 radical (unpaired) electrons. The number of carbonyl (C=O) groups is 2. The Hall–Kier alpha value is -2.67. The van der Waals surface area contributed by atoms with Gasteiger partial charge in [-0.15, -0.1) is 0 Å². The van der Waals surface area contributed by atoms with Gasteiger partial charge < -0.3 is 14.7 Å². The van der Waals surface area contributed by atoms with E-state index in [0.717, 1.165) is 18.7 Å². The van der Waals surface area contributed by atoms with Crippen molar-refractivity contribution in [2.24, 2.45) is 5.92 Å². The van der Waals surface area contributed by atoms with Crippen LogP contribution in [0.1, 0.15) is 39.4 Å². The van der Waals surface area contributed by atoms with Gasteiger partial charge in [-0.05, 0) is 38.4 Å². The van der Waals surface area contributed by atoms with Gasteiger partial charge in [0.25, 0.3) is 11.8 Å². The van der Waals surface area contributed by atoms with Gasteiger partial charge in [-0.1, -0.05) is 30.3 Å². The highest BCUT2D eigenvalue weighted by atomic mass is 16.2. The van der Waals surface area contributed by atoms with E-state index < -0.39 is 0 Å². The summed E-state index contributed by atoms with van der Waals surface area (Å²) in [5.74, 6) is 0.527. The number of rotatable bonds is 8. The lowest BCUT2D eigenvalue weighted by atomic mass is 10.2. The maximum Gasteiger partial charge on any atom is 0.274 e. The summed E-state index contributed by atoms with van der Waals surface area (Å²) in [5, 5.41) is 4.48. The summed E-state index contributed by atoms with van der Waals surface area (Å²) < 4.78 is 1.70. The zero-order chi connectivity index (χ0) is 20.4. The van der Waals surface area contributed by atoms with Crippen molar-refractivity contribution in [2.75, 3.05) is 40.3 Å². The van der Waals surface area contributed by atoms with Crippen LogP contribution in [-0.2, 0) is 13.1 Å². The monoisotopic (exact) mass is 395 g/mol. The number of likely N-dealkylation sites (N-methyl/N-ethyl adjacent to an activating group) is 1. The summed E-state index contributed by atoms with van der Waals surface area (Å²) in [5.41, 5.74) is 1.97. The van der Waals surface area contributed by atoms with Gasteiger partial charge in [-0.25, -0.2) is 0 Å². The summed E-state index contributed by atoms with van der Waals surface area (Å²) in [7, 11) is 3.99. The number of benzene rings is 1. The summed E-state index contributed by atoms with van der Waals surface area (Å²) in [6, 6.07) is 11.6. The normalized spacial score (nSPS) is 16.2. The van der Waals surface area contributed by atoms with Crippen LogP contribution in [0.25, 0.3) is 0 Å². The van der Waals surface area contributed by atoms with E-state index in [0.29, 0.717) is 43.5 Å². The zero-order valence-corrected chi connectivity index (χ0v) is 17.3. The Balaban J connectivity index is 1.52. The fraction of sp³-hybridized carbons (Fsp3) is 0.500. The number of hydrogen-bond donors (Lipinski definition) is 0. The Morgan fingerprint density at radius 2 is 1.90 bits per heavy atom. The smallest absolute Gasteiger partial charge is 0.274 e. The number of hydrogen-bond acceptors (Lipinski definition) is 4. The molecule has 1 fully saturated rings. The molecule has 1 aromatic carbocycles. The van der Waals surface area contributed by atoms with Crippen molar-refractivity contribution < 1.29 is 9.59 Å². The molecule has 0 saturated heterocycles. The first-order chi connectivity index (χ1) is 14.0. The summed E-state index contributed by atoms with van der Waals surface area (Å²) in [6.07, 6.45) is 2.43. The number of carbonyl (C=O) groups excluding carboxylic acids is 2. The van der Waals surface area contributed by atoms with E-state index in [1.165, 1.54) is 12.8 Å². The van der Waals surface area contributed by atoms with Crippen molar-refractivity contribution in [1.29, 1.82) is 0 Å². The molecule has 2 aromatic rings. The molecular weight excluding hydrogens is 366 g/mol. The fourth-order valence-electron chi connectivity index (χ4n) is 3.67. The van der Waals surface area contributed by atoms with E-state index in [2.05, 4.69) is 10.00 Å². The van der Waals surface area contributed by atoms with Crippen molar-refractivity contribution in [3.63, 3.8) is 0 Å². The Morgan fingerprint density at radius 3 is 2.59 bits per heavy atom. The Kier molecular flexibility index (Phi) is 5.67. The van der Waals surface area contributed by atoms with Crippen LogP contribution in [0.15, 0.2) is 36.4 Å². The van der Waals surface area contributed by atoms with E-state index in [-0.39, 0.29) is 11.8 Å². The first-order valence-corrected chi connectivity index (χ1v) is 10.4. The number of amides is 2. The average Bonchev–Trinajstić information content (AvgIpc) is 3.42. The number of nitrogens with zero attached hydrogens (tertiary/aromatic N) is 5. The third-order valence-corrected chi connectivity index (χ3v) is 5.58. The van der Waals surface area contributed by atoms with E-state index >= 15 is 0 Å². The maximum absolute atomic E-state index is 13.3. The van der Waals surface area contributed by atoms with Crippen LogP contribution >= 0.6 is 0 Å². The minimum atomic E-state index is -0.126. The van der Waals surface area contributed by atoms with Crippen LogP contribution in [0.3, 0.4) is 0 Å². The zero-order valence-electron chi connectivity index (χ0n) is 17.3. The molecule has 1 aliphatic carbocycles. The minimum Gasteiger partial charge on any atom is -0.335 e. The molecule has 1 aliphatic heterocycles. The molecule has 4 rings (SSSR count). The lowest BCUT2D eigenvalue weighted by Crippen LogP contribution is -2.41. The Bertz CT molecular complexity index is 873. The third-order valence-electron chi connectivity index (χ3n) is 5.58. The highest BCUT2D eigenvalue weighted by Gasteiger charge is 2.33. The Labute approximate surface area is 171 Å². The first-order valence-electron chi connectivity index (χ1n) is 10.4. The molecule has 0 spiro atoms.